The van der Waals surface area contributed by atoms with E-state index in [9.17, 15) is 4.79 Å². The Morgan fingerprint density at radius 3 is 1.73 bits per heavy atom. The molecule has 2 atom stereocenters. The van der Waals surface area contributed by atoms with Gasteiger partial charge in [-0.15, -0.1) is 0 Å². The van der Waals surface area contributed by atoms with Crippen molar-refractivity contribution in [3.05, 3.63) is 29.8 Å². The summed E-state index contributed by atoms with van der Waals surface area (Å²) in [5, 5.41) is 0. The van der Waals surface area contributed by atoms with Crippen LogP contribution in [0.25, 0.3) is 0 Å². The number of ether oxygens (including phenoxy) is 2. The lowest BCUT2D eigenvalue weighted by molar-refractivity contribution is -0.00426. The lowest BCUT2D eigenvalue weighted by Crippen LogP contribution is -2.36. The van der Waals surface area contributed by atoms with E-state index >= 15 is 0 Å². The van der Waals surface area contributed by atoms with Gasteiger partial charge in [-0.05, 0) is 115 Å². The van der Waals surface area contributed by atoms with Crippen molar-refractivity contribution >= 4 is 40.5 Å². The van der Waals surface area contributed by atoms with Gasteiger partial charge >= 0.3 is 0 Å². The number of hydrogen-bond donors (Lipinski definition) is 0. The van der Waals surface area contributed by atoms with Crippen molar-refractivity contribution in [2.75, 3.05) is 13.2 Å². The average Bonchev–Trinajstić information content (AvgIpc) is 2.66. The molecular weight excluding hydrogens is 481 g/mol. The van der Waals surface area contributed by atoms with Crippen LogP contribution in [0.15, 0.2) is 24.3 Å². The van der Waals surface area contributed by atoms with Gasteiger partial charge in [-0.25, -0.2) is 0 Å². The molecule has 1 aromatic rings. The van der Waals surface area contributed by atoms with Gasteiger partial charge in [0.05, 0.1) is 6.61 Å². The van der Waals surface area contributed by atoms with Gasteiger partial charge in [0.2, 0.25) is 0 Å². The molecule has 0 aromatic heterocycles. The van der Waals surface area contributed by atoms with E-state index in [2.05, 4.69) is 52.4 Å². The monoisotopic (exact) mass is 528 g/mol. The molecule has 9 heteroatoms. The van der Waals surface area contributed by atoms with Crippen molar-refractivity contribution < 1.29 is 22.5 Å². The van der Waals surface area contributed by atoms with E-state index < -0.39 is 40.3 Å². The highest BCUT2D eigenvalue weighted by atomic mass is 28.4. The molecule has 0 aliphatic rings. The number of hydrogen-bond acceptors (Lipinski definition) is 5. The largest absolute Gasteiger partial charge is 0.494 e. The van der Waals surface area contributed by atoms with Gasteiger partial charge in [0.25, 0.3) is 0 Å². The van der Waals surface area contributed by atoms with Crippen molar-refractivity contribution in [3.8, 4) is 5.75 Å². The number of carbonyl (C=O) groups excluding carboxylic acids is 1. The Labute approximate surface area is 208 Å². The molecular formula is C24H48O5Si4. The van der Waals surface area contributed by atoms with E-state index in [0.29, 0.717) is 18.8 Å². The van der Waals surface area contributed by atoms with Crippen molar-refractivity contribution in [2.24, 2.45) is 0 Å². The van der Waals surface area contributed by atoms with Crippen LogP contribution in [0.5, 0.6) is 5.75 Å². The normalized spacial score (nSPS) is 14.7. The van der Waals surface area contributed by atoms with E-state index in [1.165, 1.54) is 0 Å². The van der Waals surface area contributed by atoms with Gasteiger partial charge in [0, 0.05) is 12.2 Å². The number of rotatable bonds is 16. The first kappa shape index (κ1) is 30.5. The van der Waals surface area contributed by atoms with Crippen LogP contribution in [-0.2, 0) is 13.0 Å². The molecule has 0 saturated carbocycles. The van der Waals surface area contributed by atoms with Crippen molar-refractivity contribution in [2.45, 2.75) is 96.8 Å². The Hall–Kier alpha value is -0.562. The fourth-order valence-electron chi connectivity index (χ4n) is 3.70. The van der Waals surface area contributed by atoms with Crippen LogP contribution in [0, 0.1) is 0 Å². The fraction of sp³-hybridized carbons (Fsp3) is 0.708. The lowest BCUT2D eigenvalue weighted by Gasteiger charge is -2.25. The minimum Gasteiger partial charge on any atom is -0.494 e. The van der Waals surface area contributed by atoms with Crippen LogP contribution in [0.1, 0.15) is 37.0 Å². The second-order valence-corrected chi connectivity index (χ2v) is 26.2. The van der Waals surface area contributed by atoms with Crippen LogP contribution < -0.4 is 4.74 Å². The molecule has 2 unspecified atom stereocenters. The number of ketones is 1. The van der Waals surface area contributed by atoms with Gasteiger partial charge in [0.15, 0.2) is 40.5 Å². The summed E-state index contributed by atoms with van der Waals surface area (Å²) in [5.41, 5.74) is -0.189. The van der Waals surface area contributed by atoms with Crippen molar-refractivity contribution in [3.63, 3.8) is 0 Å². The van der Waals surface area contributed by atoms with E-state index in [0.717, 1.165) is 30.7 Å². The Balaban J connectivity index is 2.41. The molecule has 0 aliphatic heterocycles. The van der Waals surface area contributed by atoms with Gasteiger partial charge < -0.3 is 17.7 Å². The molecule has 1 aromatic carbocycles. The van der Waals surface area contributed by atoms with Crippen LogP contribution in [0.2, 0.25) is 64.5 Å². The van der Waals surface area contributed by atoms with Crippen LogP contribution in [0.4, 0.5) is 0 Å². The lowest BCUT2D eigenvalue weighted by atomic mass is 9.96. The molecule has 0 amide bonds. The van der Waals surface area contributed by atoms with Gasteiger partial charge in [-0.2, -0.15) is 0 Å². The first-order chi connectivity index (χ1) is 15.1. The Kier molecular flexibility index (Phi) is 12.5. The summed E-state index contributed by atoms with van der Waals surface area (Å²) in [7, 11) is -5.13. The van der Waals surface area contributed by atoms with Crippen molar-refractivity contribution in [1.29, 1.82) is 0 Å². The molecule has 190 valence electrons. The Morgan fingerprint density at radius 1 is 0.818 bits per heavy atom. The third kappa shape index (κ3) is 13.8. The summed E-state index contributed by atoms with van der Waals surface area (Å²) in [6.45, 7) is 22.9. The highest BCUT2D eigenvalue weighted by molar-refractivity contribution is 6.77. The summed E-state index contributed by atoms with van der Waals surface area (Å²) in [6.07, 6.45) is 1.94. The topological polar surface area (TPSA) is 54.0 Å². The minimum atomic E-state index is -1.45. The summed E-state index contributed by atoms with van der Waals surface area (Å²) < 4.78 is 24.3. The first-order valence-corrected chi connectivity index (χ1v) is 24.1. The standard InChI is InChI=1S/C24H48O5Si4/c1-24(2,27-18-12-20-31(4)29-33(8,9)10)23(25)21-13-15-22(16-14-21)26-17-11-19-30(3)28-32(5,6)7/h13-16,30-31H,11-12,17-20H2,1-10H3. The maximum Gasteiger partial charge on any atom is 0.194 e. The Morgan fingerprint density at radius 2 is 1.27 bits per heavy atom. The average molecular weight is 529 g/mol. The maximum atomic E-state index is 13.0. The molecule has 0 saturated heterocycles. The summed E-state index contributed by atoms with van der Waals surface area (Å²) in [4.78, 5) is 13.0. The van der Waals surface area contributed by atoms with E-state index in [1.54, 1.807) is 0 Å². The summed E-state index contributed by atoms with van der Waals surface area (Å²) in [6, 6.07) is 9.63. The molecule has 5 nitrogen and oxygen atoms in total. The van der Waals surface area contributed by atoms with E-state index in [1.807, 2.05) is 38.1 Å². The van der Waals surface area contributed by atoms with Crippen LogP contribution >= 0.6 is 0 Å². The third-order valence-corrected chi connectivity index (χ3v) is 16.3. The smallest absolute Gasteiger partial charge is 0.194 e. The molecule has 0 heterocycles. The van der Waals surface area contributed by atoms with Gasteiger partial charge in [-0.3, -0.25) is 4.79 Å². The molecule has 0 N–H and O–H groups in total. The number of benzene rings is 1. The third-order valence-electron chi connectivity index (χ3n) is 5.01. The molecule has 0 bridgehead atoms. The SMILES string of the molecule is C[SiH](CCCOc1ccc(C(=O)C(C)(C)OCCC[SiH](C)O[Si](C)(C)C)cc1)O[Si](C)(C)C. The van der Waals surface area contributed by atoms with E-state index in [4.69, 9.17) is 17.7 Å². The zero-order valence-electron chi connectivity index (χ0n) is 22.7. The summed E-state index contributed by atoms with van der Waals surface area (Å²) >= 11 is 0. The second-order valence-electron chi connectivity index (χ2n) is 11.4. The number of carbonyl (C=O) groups is 1. The summed E-state index contributed by atoms with van der Waals surface area (Å²) in [5.74, 6) is 0.799. The highest BCUT2D eigenvalue weighted by Gasteiger charge is 2.29. The highest BCUT2D eigenvalue weighted by Crippen LogP contribution is 2.21. The molecule has 0 radical (unpaired) electrons. The quantitative estimate of drug-likeness (QED) is 0.144. The first-order valence-electron chi connectivity index (χ1n) is 12.4. The van der Waals surface area contributed by atoms with Crippen molar-refractivity contribution in [1.82, 2.24) is 0 Å². The van der Waals surface area contributed by atoms with Gasteiger partial charge in [-0.1, -0.05) is 0 Å². The predicted molar refractivity (Wildman–Crippen MR) is 150 cm³/mol. The molecule has 0 spiro atoms. The molecule has 0 aliphatic carbocycles. The van der Waals surface area contributed by atoms with Crippen LogP contribution in [0.3, 0.4) is 0 Å². The number of Topliss-reactive ketones (excluding diaryl/α,β-unsaturated/α-hetero) is 1. The zero-order chi connectivity index (χ0) is 25.3. The van der Waals surface area contributed by atoms with E-state index in [-0.39, 0.29) is 5.78 Å². The fourth-order valence-corrected chi connectivity index (χ4v) is 15.8. The maximum absolute atomic E-state index is 13.0. The molecule has 1 rings (SSSR count). The van der Waals surface area contributed by atoms with Crippen LogP contribution in [-0.4, -0.2) is 59.3 Å². The predicted octanol–water partition coefficient (Wildman–Crippen LogP) is 6.23. The Bertz CT molecular complexity index is 711. The molecule has 33 heavy (non-hydrogen) atoms. The zero-order valence-corrected chi connectivity index (χ0v) is 27.1. The second kappa shape index (κ2) is 13.5. The molecule has 0 fully saturated rings. The minimum absolute atomic E-state index is 0.000938. The van der Waals surface area contributed by atoms with Gasteiger partial charge in [0.1, 0.15) is 11.4 Å².